The normalized spacial score (nSPS) is 18.4. The van der Waals surface area contributed by atoms with Crippen LogP contribution in [0.25, 0.3) is 0 Å². The molecule has 0 saturated carbocycles. The largest absolute Gasteiger partial charge is 0.497 e. The molecule has 150 valence electrons. The van der Waals surface area contributed by atoms with Crippen LogP contribution in [0, 0.1) is 0 Å². The number of aromatic nitrogens is 3. The van der Waals surface area contributed by atoms with Crippen LogP contribution in [0.3, 0.4) is 0 Å². The molecule has 0 N–H and O–H groups in total. The zero-order valence-corrected chi connectivity index (χ0v) is 16.9. The first-order valence-electron chi connectivity index (χ1n) is 9.22. The van der Waals surface area contributed by atoms with Gasteiger partial charge in [0.2, 0.25) is 5.95 Å². The van der Waals surface area contributed by atoms with Crippen LogP contribution in [0.2, 0.25) is 5.02 Å². The lowest BCUT2D eigenvalue weighted by molar-refractivity contribution is -0.123. The zero-order valence-electron chi connectivity index (χ0n) is 16.2. The molecule has 1 aliphatic heterocycles. The number of methoxy groups -OCH3 is 2. The van der Waals surface area contributed by atoms with Gasteiger partial charge < -0.3 is 9.47 Å². The number of nitrogens with zero attached hydrogens (tertiary/aromatic N) is 4. The summed E-state index contributed by atoms with van der Waals surface area (Å²) in [6, 6.07) is 15.1. The van der Waals surface area contributed by atoms with Gasteiger partial charge in [-0.3, -0.25) is 9.69 Å². The monoisotopic (exact) mass is 412 g/mol. The molecular formula is C21H21ClN4O3. The fourth-order valence-electron chi connectivity index (χ4n) is 3.74. The minimum atomic E-state index is -0.223. The van der Waals surface area contributed by atoms with E-state index in [1.54, 1.807) is 16.7 Å². The first-order valence-corrected chi connectivity index (χ1v) is 9.60. The van der Waals surface area contributed by atoms with E-state index in [1.807, 2.05) is 48.5 Å². The number of ether oxygens (including phenoxy) is 2. The van der Waals surface area contributed by atoms with E-state index in [9.17, 15) is 4.79 Å². The molecule has 0 radical (unpaired) electrons. The van der Waals surface area contributed by atoms with Crippen molar-refractivity contribution in [1.29, 1.82) is 0 Å². The fraction of sp³-hybridized carbons (Fsp3) is 0.286. The minimum Gasteiger partial charge on any atom is -0.497 e. The second-order valence-corrected chi connectivity index (χ2v) is 7.23. The molecule has 0 aliphatic carbocycles. The number of carbonyl (C=O) groups is 1. The quantitative estimate of drug-likeness (QED) is 0.639. The second-order valence-electron chi connectivity index (χ2n) is 6.79. The van der Waals surface area contributed by atoms with Crippen molar-refractivity contribution in [3.05, 3.63) is 71.0 Å². The molecule has 0 bridgehead atoms. The molecule has 0 saturated heterocycles. The smallest absolute Gasteiger partial charge is 0.255 e. The summed E-state index contributed by atoms with van der Waals surface area (Å²) < 4.78 is 12.2. The summed E-state index contributed by atoms with van der Waals surface area (Å²) in [6.45, 7) is -0.0375. The summed E-state index contributed by atoms with van der Waals surface area (Å²) in [4.78, 5) is 19.0. The van der Waals surface area contributed by atoms with Crippen LogP contribution in [0.4, 0.5) is 5.95 Å². The number of hydrogen-bond acceptors (Lipinski definition) is 5. The number of rotatable bonds is 5. The van der Waals surface area contributed by atoms with Gasteiger partial charge in [0.15, 0.2) is 0 Å². The van der Waals surface area contributed by atoms with Crippen LogP contribution in [0.15, 0.2) is 54.9 Å². The van der Waals surface area contributed by atoms with Gasteiger partial charge in [0.1, 0.15) is 18.7 Å². The molecule has 2 unspecified atom stereocenters. The van der Waals surface area contributed by atoms with Crippen molar-refractivity contribution in [1.82, 2.24) is 14.8 Å². The van der Waals surface area contributed by atoms with Crippen molar-refractivity contribution < 1.29 is 14.3 Å². The Kier molecular flexibility index (Phi) is 5.51. The minimum absolute atomic E-state index is 0.0375. The molecule has 1 aromatic heterocycles. The predicted octanol–water partition coefficient (Wildman–Crippen LogP) is 3.65. The van der Waals surface area contributed by atoms with Crippen LogP contribution < -0.4 is 9.64 Å². The van der Waals surface area contributed by atoms with E-state index in [1.165, 1.54) is 13.4 Å². The van der Waals surface area contributed by atoms with Crippen LogP contribution in [0.5, 0.6) is 5.75 Å². The highest BCUT2D eigenvalue weighted by atomic mass is 35.5. The number of carbonyl (C=O) groups excluding carboxylic acids is 1. The lowest BCUT2D eigenvalue weighted by Gasteiger charge is -2.39. The van der Waals surface area contributed by atoms with E-state index in [-0.39, 0.29) is 24.6 Å². The Morgan fingerprint density at radius 3 is 2.38 bits per heavy atom. The van der Waals surface area contributed by atoms with Crippen molar-refractivity contribution in [2.24, 2.45) is 0 Å². The Labute approximate surface area is 173 Å². The molecule has 2 atom stereocenters. The Morgan fingerprint density at radius 2 is 1.72 bits per heavy atom. The molecule has 7 nitrogen and oxygen atoms in total. The maximum atomic E-state index is 12.9. The Hall–Kier alpha value is -2.90. The molecule has 0 fully saturated rings. The van der Waals surface area contributed by atoms with E-state index in [2.05, 4.69) is 10.1 Å². The standard InChI is InChI=1S/C21H21ClN4O3/c1-28-12-20(27)25-18(14-3-7-16(22)8-4-14)11-19(26-21(25)23-13-24-26)15-5-9-17(29-2)10-6-15/h3-10,13,18-19H,11-12H2,1-2H3. The van der Waals surface area contributed by atoms with Gasteiger partial charge in [-0.15, -0.1) is 0 Å². The van der Waals surface area contributed by atoms with E-state index in [0.717, 1.165) is 16.9 Å². The number of fused-ring (bicyclic) bond motifs is 1. The number of hydrogen-bond donors (Lipinski definition) is 0. The van der Waals surface area contributed by atoms with Crippen molar-refractivity contribution in [3.63, 3.8) is 0 Å². The molecule has 3 aromatic rings. The van der Waals surface area contributed by atoms with Gasteiger partial charge >= 0.3 is 0 Å². The topological polar surface area (TPSA) is 69.5 Å². The number of anilines is 1. The van der Waals surface area contributed by atoms with Crippen molar-refractivity contribution in [3.8, 4) is 5.75 Å². The highest BCUT2D eigenvalue weighted by molar-refractivity contribution is 6.30. The molecular weight excluding hydrogens is 392 g/mol. The SMILES string of the molecule is COCC(=O)N1c2ncnn2C(c2ccc(OC)cc2)CC1c1ccc(Cl)cc1. The Bertz CT molecular complexity index is 988. The summed E-state index contributed by atoms with van der Waals surface area (Å²) in [5.41, 5.74) is 2.04. The van der Waals surface area contributed by atoms with Gasteiger partial charge in [0, 0.05) is 12.1 Å². The van der Waals surface area contributed by atoms with Gasteiger partial charge in [-0.1, -0.05) is 35.9 Å². The highest BCUT2D eigenvalue weighted by Gasteiger charge is 2.39. The van der Waals surface area contributed by atoms with Crippen molar-refractivity contribution >= 4 is 23.5 Å². The van der Waals surface area contributed by atoms with Crippen LogP contribution >= 0.6 is 11.6 Å². The van der Waals surface area contributed by atoms with Gasteiger partial charge in [-0.05, 0) is 41.8 Å². The Balaban J connectivity index is 1.79. The third-order valence-corrected chi connectivity index (χ3v) is 5.37. The van der Waals surface area contributed by atoms with Crippen molar-refractivity contribution in [2.75, 3.05) is 25.7 Å². The predicted molar refractivity (Wildman–Crippen MR) is 109 cm³/mol. The molecule has 0 spiro atoms. The van der Waals surface area contributed by atoms with E-state index >= 15 is 0 Å². The second kappa shape index (κ2) is 8.23. The third kappa shape index (κ3) is 3.71. The van der Waals surface area contributed by atoms with E-state index in [0.29, 0.717) is 17.4 Å². The summed E-state index contributed by atoms with van der Waals surface area (Å²) >= 11 is 6.08. The summed E-state index contributed by atoms with van der Waals surface area (Å²) in [5, 5.41) is 5.06. The Morgan fingerprint density at radius 1 is 1.07 bits per heavy atom. The number of benzene rings is 2. The number of halogens is 1. The van der Waals surface area contributed by atoms with Gasteiger partial charge in [0.25, 0.3) is 5.91 Å². The molecule has 2 aromatic carbocycles. The molecule has 2 heterocycles. The highest BCUT2D eigenvalue weighted by Crippen LogP contribution is 2.42. The number of amides is 1. The van der Waals surface area contributed by atoms with Crippen LogP contribution in [0.1, 0.15) is 29.6 Å². The van der Waals surface area contributed by atoms with Gasteiger partial charge in [-0.2, -0.15) is 10.1 Å². The lowest BCUT2D eigenvalue weighted by Crippen LogP contribution is -2.44. The van der Waals surface area contributed by atoms with Crippen LogP contribution in [-0.4, -0.2) is 41.5 Å². The summed E-state index contributed by atoms with van der Waals surface area (Å²) in [5.74, 6) is 1.11. The first kappa shape index (κ1) is 19.4. The third-order valence-electron chi connectivity index (χ3n) is 5.11. The molecule has 1 amide bonds. The van der Waals surface area contributed by atoms with Crippen LogP contribution in [-0.2, 0) is 9.53 Å². The van der Waals surface area contributed by atoms with E-state index < -0.39 is 0 Å². The zero-order chi connectivity index (χ0) is 20.4. The summed E-state index contributed by atoms with van der Waals surface area (Å²) in [6.07, 6.45) is 2.11. The van der Waals surface area contributed by atoms with E-state index in [4.69, 9.17) is 21.1 Å². The van der Waals surface area contributed by atoms with Gasteiger partial charge in [-0.25, -0.2) is 4.68 Å². The average Bonchev–Trinajstić information content (AvgIpc) is 3.23. The summed E-state index contributed by atoms with van der Waals surface area (Å²) in [7, 11) is 3.14. The molecule has 4 rings (SSSR count). The average molecular weight is 413 g/mol. The lowest BCUT2D eigenvalue weighted by atomic mass is 9.92. The maximum Gasteiger partial charge on any atom is 0.255 e. The molecule has 1 aliphatic rings. The maximum absolute atomic E-state index is 12.9. The van der Waals surface area contributed by atoms with Gasteiger partial charge in [0.05, 0.1) is 19.2 Å². The molecule has 8 heteroatoms. The molecule has 29 heavy (non-hydrogen) atoms. The van der Waals surface area contributed by atoms with Crippen molar-refractivity contribution in [2.45, 2.75) is 18.5 Å². The first-order chi connectivity index (χ1) is 14.1. The fourth-order valence-corrected chi connectivity index (χ4v) is 3.87.